The molecule has 4 heterocycles. The van der Waals surface area contributed by atoms with Crippen molar-refractivity contribution in [3.63, 3.8) is 0 Å². The number of hydrogen-bond acceptors (Lipinski definition) is 11. The molecule has 5 aliphatic rings. The van der Waals surface area contributed by atoms with E-state index in [1.807, 2.05) is 121 Å². The summed E-state index contributed by atoms with van der Waals surface area (Å²) >= 11 is 0. The maximum Gasteiger partial charge on any atom is 0.284 e. The van der Waals surface area contributed by atoms with E-state index < -0.39 is 73.3 Å². The molecule has 9 rings (SSSR count). The minimum atomic E-state index is -1.36. The van der Waals surface area contributed by atoms with E-state index in [0.717, 1.165) is 35.1 Å². The lowest BCUT2D eigenvalue weighted by atomic mass is 9.81. The summed E-state index contributed by atoms with van der Waals surface area (Å²) in [6.07, 6.45) is -7.69. The lowest BCUT2D eigenvalue weighted by Crippen LogP contribution is -2.79. The molecule has 4 aliphatic heterocycles. The van der Waals surface area contributed by atoms with Crippen molar-refractivity contribution < 1.29 is 52.8 Å². The molecule has 4 aromatic rings. The quantitative estimate of drug-likeness (QED) is 0.127. The number of aliphatic hydroxyl groups is 2. The summed E-state index contributed by atoms with van der Waals surface area (Å²) in [5.41, 5.74) is 3.93. The Bertz CT molecular complexity index is 1750. The number of ether oxygens (including phenoxy) is 9. The fourth-order valence-corrected chi connectivity index (χ4v) is 8.01. The standard InChI is InChI=1S/C45H52O11/c1-2-3-24-45-54-38-35(46)39(55-45)42(40(56-45)36(38)47)53-44-43(51-28-33-22-14-7-15-23-33)41(50-27-32-20-12-6-13-21-32)37(49-26-31-18-10-5-11-19-31)34(52-44)29-48-25-30-16-8-4-9-17-30/h4-23,34-44,46-47H,2-3,24-29H2,1H3/t34-,35+,36+,37-,38?,39+,40+,41+,42?,43+,44?,45?/m1/s1. The van der Waals surface area contributed by atoms with Gasteiger partial charge in [0.25, 0.3) is 5.97 Å². The van der Waals surface area contributed by atoms with Crippen molar-refractivity contribution in [3.05, 3.63) is 144 Å². The molecule has 298 valence electrons. The Morgan fingerprint density at radius 1 is 0.536 bits per heavy atom. The van der Waals surface area contributed by atoms with Crippen LogP contribution in [0.15, 0.2) is 121 Å². The number of unbranched alkanes of at least 4 members (excludes halogenated alkanes) is 1. The van der Waals surface area contributed by atoms with Crippen LogP contribution >= 0.6 is 0 Å². The van der Waals surface area contributed by atoms with Gasteiger partial charge in [0, 0.05) is 6.42 Å². The second kappa shape index (κ2) is 18.4. The molecular formula is C45H52O11. The van der Waals surface area contributed by atoms with E-state index in [2.05, 4.69) is 6.92 Å². The fraction of sp³-hybridized carbons (Fsp3) is 0.467. The van der Waals surface area contributed by atoms with Crippen LogP contribution in [0.2, 0.25) is 0 Å². The number of benzene rings is 4. The minimum Gasteiger partial charge on any atom is -0.387 e. The van der Waals surface area contributed by atoms with E-state index >= 15 is 0 Å². The Balaban J connectivity index is 1.12. The molecule has 4 bridgehead atoms. The lowest BCUT2D eigenvalue weighted by Gasteiger charge is -2.62. The average Bonchev–Trinajstić information content (AvgIpc) is 3.24. The number of hydrogen-bond donors (Lipinski definition) is 2. The van der Waals surface area contributed by atoms with Crippen LogP contribution in [0.5, 0.6) is 0 Å². The van der Waals surface area contributed by atoms with Crippen molar-refractivity contribution in [3.8, 4) is 0 Å². The fourth-order valence-electron chi connectivity index (χ4n) is 8.01. The molecule has 4 saturated heterocycles. The molecule has 11 heteroatoms. The first-order chi connectivity index (χ1) is 27.5. The predicted octanol–water partition coefficient (Wildman–Crippen LogP) is 5.83. The molecule has 1 aliphatic carbocycles. The predicted molar refractivity (Wildman–Crippen MR) is 204 cm³/mol. The zero-order valence-electron chi connectivity index (χ0n) is 31.6. The molecule has 9 atom stereocenters. The van der Waals surface area contributed by atoms with Crippen LogP contribution in [0.3, 0.4) is 0 Å². The highest BCUT2D eigenvalue weighted by Gasteiger charge is 2.68. The van der Waals surface area contributed by atoms with Gasteiger partial charge in [-0.1, -0.05) is 135 Å². The lowest BCUT2D eigenvalue weighted by molar-refractivity contribution is -0.546. The van der Waals surface area contributed by atoms with E-state index in [1.54, 1.807) is 0 Å². The van der Waals surface area contributed by atoms with Gasteiger partial charge in [-0.25, -0.2) is 0 Å². The maximum absolute atomic E-state index is 11.4. The average molecular weight is 769 g/mol. The van der Waals surface area contributed by atoms with Gasteiger partial charge in [-0.05, 0) is 28.7 Å². The Labute approximate surface area is 328 Å². The molecule has 11 nitrogen and oxygen atoms in total. The first-order valence-corrected chi connectivity index (χ1v) is 19.8. The van der Waals surface area contributed by atoms with Crippen molar-refractivity contribution in [1.29, 1.82) is 0 Å². The van der Waals surface area contributed by atoms with Gasteiger partial charge >= 0.3 is 0 Å². The molecule has 2 N–H and O–H groups in total. The second-order valence-electron chi connectivity index (χ2n) is 14.9. The van der Waals surface area contributed by atoms with Crippen LogP contribution in [0.1, 0.15) is 48.4 Å². The van der Waals surface area contributed by atoms with E-state index in [9.17, 15) is 10.2 Å². The summed E-state index contributed by atoms with van der Waals surface area (Å²) in [6.45, 7) is 3.36. The number of rotatable bonds is 18. The summed E-state index contributed by atoms with van der Waals surface area (Å²) in [4.78, 5) is 0. The van der Waals surface area contributed by atoms with Gasteiger partial charge in [-0.15, -0.1) is 0 Å². The summed E-state index contributed by atoms with van der Waals surface area (Å²) in [5, 5.41) is 22.9. The van der Waals surface area contributed by atoms with Gasteiger partial charge in [0.15, 0.2) is 6.29 Å². The van der Waals surface area contributed by atoms with Gasteiger partial charge < -0.3 is 52.8 Å². The van der Waals surface area contributed by atoms with E-state index in [4.69, 9.17) is 42.6 Å². The summed E-state index contributed by atoms with van der Waals surface area (Å²) in [6, 6.07) is 39.7. The van der Waals surface area contributed by atoms with Gasteiger partial charge in [0.05, 0.1) is 33.0 Å². The zero-order chi connectivity index (χ0) is 38.3. The third kappa shape index (κ3) is 8.94. The highest BCUT2D eigenvalue weighted by Crippen LogP contribution is 2.49. The topological polar surface area (TPSA) is 124 Å². The molecule has 0 spiro atoms. The summed E-state index contributed by atoms with van der Waals surface area (Å²) < 4.78 is 59.3. The molecule has 0 aromatic heterocycles. The number of aliphatic hydroxyl groups excluding tert-OH is 2. The first kappa shape index (κ1) is 39.3. The molecule has 1 saturated carbocycles. The van der Waals surface area contributed by atoms with Gasteiger partial charge in [0.2, 0.25) is 0 Å². The van der Waals surface area contributed by atoms with Crippen LogP contribution in [0.4, 0.5) is 0 Å². The molecule has 4 aromatic carbocycles. The molecule has 0 radical (unpaired) electrons. The van der Waals surface area contributed by atoms with E-state index in [-0.39, 0.29) is 19.8 Å². The third-order valence-corrected chi connectivity index (χ3v) is 10.9. The maximum atomic E-state index is 11.4. The van der Waals surface area contributed by atoms with E-state index in [1.165, 1.54) is 0 Å². The second-order valence-corrected chi connectivity index (χ2v) is 14.9. The van der Waals surface area contributed by atoms with Crippen LogP contribution in [0, 0.1) is 0 Å². The zero-order valence-corrected chi connectivity index (χ0v) is 31.6. The van der Waals surface area contributed by atoms with Crippen molar-refractivity contribution in [2.75, 3.05) is 6.61 Å². The highest BCUT2D eigenvalue weighted by molar-refractivity contribution is 5.17. The molecule has 0 amide bonds. The Kier molecular flexibility index (Phi) is 12.9. The van der Waals surface area contributed by atoms with Crippen LogP contribution in [-0.4, -0.2) is 90.1 Å². The third-order valence-electron chi connectivity index (χ3n) is 10.9. The van der Waals surface area contributed by atoms with Crippen molar-refractivity contribution in [1.82, 2.24) is 0 Å². The van der Waals surface area contributed by atoms with E-state index in [0.29, 0.717) is 19.6 Å². The molecular weight excluding hydrogens is 716 g/mol. The summed E-state index contributed by atoms with van der Waals surface area (Å²) in [7, 11) is 0. The normalized spacial score (nSPS) is 33.4. The van der Waals surface area contributed by atoms with Crippen molar-refractivity contribution >= 4 is 0 Å². The smallest absolute Gasteiger partial charge is 0.284 e. The minimum absolute atomic E-state index is 0.149. The van der Waals surface area contributed by atoms with Gasteiger partial charge in [-0.2, -0.15) is 0 Å². The molecule has 5 fully saturated rings. The van der Waals surface area contributed by atoms with Crippen LogP contribution in [-0.2, 0) is 69.1 Å². The highest BCUT2D eigenvalue weighted by atomic mass is 16.9. The Hall–Kier alpha value is -3.56. The molecule has 56 heavy (non-hydrogen) atoms. The summed E-state index contributed by atoms with van der Waals surface area (Å²) in [5.74, 6) is -1.36. The van der Waals surface area contributed by atoms with Gasteiger partial charge in [0.1, 0.15) is 61.0 Å². The van der Waals surface area contributed by atoms with Crippen molar-refractivity contribution in [2.24, 2.45) is 0 Å². The van der Waals surface area contributed by atoms with Gasteiger partial charge in [-0.3, -0.25) is 0 Å². The van der Waals surface area contributed by atoms with Crippen LogP contribution < -0.4 is 0 Å². The van der Waals surface area contributed by atoms with Crippen molar-refractivity contribution in [2.45, 2.75) is 126 Å². The Morgan fingerprint density at radius 2 is 0.982 bits per heavy atom. The Morgan fingerprint density at radius 3 is 1.48 bits per heavy atom. The largest absolute Gasteiger partial charge is 0.387 e. The SMILES string of the molecule is CCCCC12OC3[C@H](O)[C@H](O1)C(OC1O[C@H](COCc4ccccc4)[C@@H](OCc4ccccc4)[C@H](OCc4ccccc4)[C@@H]1OCc1ccccc1)[C@@H](O2)[C@H]3O. The van der Waals surface area contributed by atoms with Crippen LogP contribution in [0.25, 0.3) is 0 Å². The first-order valence-electron chi connectivity index (χ1n) is 19.8. The molecule has 1 unspecified atom stereocenters. The monoisotopic (exact) mass is 768 g/mol.